The van der Waals surface area contributed by atoms with Crippen molar-refractivity contribution in [3.05, 3.63) is 72.8 Å². The SMILES string of the molecule is Nc1cccc(-c2ncnc3c2ncn3Cc2ccccc2)c1. The average Bonchev–Trinajstić information content (AvgIpc) is 2.99. The molecule has 2 N–H and O–H groups in total. The monoisotopic (exact) mass is 301 g/mol. The molecule has 4 rings (SSSR count). The number of imidazole rings is 1. The summed E-state index contributed by atoms with van der Waals surface area (Å²) < 4.78 is 2.03. The Balaban J connectivity index is 1.81. The number of nitrogens with zero attached hydrogens (tertiary/aromatic N) is 4. The Morgan fingerprint density at radius 3 is 2.61 bits per heavy atom. The van der Waals surface area contributed by atoms with Crippen molar-refractivity contribution in [2.45, 2.75) is 6.54 Å². The van der Waals surface area contributed by atoms with E-state index in [-0.39, 0.29) is 0 Å². The normalized spacial score (nSPS) is 11.0. The second-order valence-corrected chi connectivity index (χ2v) is 5.38. The fourth-order valence-corrected chi connectivity index (χ4v) is 2.67. The molecule has 0 saturated heterocycles. The van der Waals surface area contributed by atoms with Crippen molar-refractivity contribution in [1.29, 1.82) is 0 Å². The second-order valence-electron chi connectivity index (χ2n) is 5.38. The Labute approximate surface area is 133 Å². The van der Waals surface area contributed by atoms with Crippen LogP contribution in [0.4, 0.5) is 5.69 Å². The molecule has 0 atom stereocenters. The fraction of sp³-hybridized carbons (Fsp3) is 0.0556. The number of rotatable bonds is 3. The summed E-state index contributed by atoms with van der Waals surface area (Å²) in [5.74, 6) is 0. The molecule has 112 valence electrons. The molecule has 0 amide bonds. The van der Waals surface area contributed by atoms with Gasteiger partial charge in [-0.15, -0.1) is 0 Å². The predicted octanol–water partition coefficient (Wildman–Crippen LogP) is 3.12. The van der Waals surface area contributed by atoms with Crippen LogP contribution in [-0.2, 0) is 6.54 Å². The molecule has 5 nitrogen and oxygen atoms in total. The van der Waals surface area contributed by atoms with Crippen LogP contribution in [0.1, 0.15) is 5.56 Å². The number of nitrogens with two attached hydrogens (primary N) is 1. The van der Waals surface area contributed by atoms with Gasteiger partial charge < -0.3 is 10.3 Å². The molecule has 0 aliphatic heterocycles. The van der Waals surface area contributed by atoms with Crippen molar-refractivity contribution >= 4 is 16.9 Å². The van der Waals surface area contributed by atoms with Gasteiger partial charge in [-0.2, -0.15) is 0 Å². The molecule has 0 spiro atoms. The first-order chi connectivity index (χ1) is 11.3. The molecule has 0 saturated carbocycles. The minimum Gasteiger partial charge on any atom is -0.399 e. The fourth-order valence-electron chi connectivity index (χ4n) is 2.67. The minimum atomic E-state index is 0.706. The van der Waals surface area contributed by atoms with Gasteiger partial charge in [-0.1, -0.05) is 42.5 Å². The molecule has 0 bridgehead atoms. The summed E-state index contributed by atoms with van der Waals surface area (Å²) >= 11 is 0. The molecule has 4 aromatic rings. The number of aromatic nitrogens is 4. The maximum atomic E-state index is 5.88. The second kappa shape index (κ2) is 5.53. The van der Waals surface area contributed by atoms with Crippen molar-refractivity contribution in [2.75, 3.05) is 5.73 Å². The van der Waals surface area contributed by atoms with Crippen LogP contribution < -0.4 is 5.73 Å². The molecule has 0 radical (unpaired) electrons. The van der Waals surface area contributed by atoms with E-state index < -0.39 is 0 Å². The molecule has 0 fully saturated rings. The van der Waals surface area contributed by atoms with Gasteiger partial charge in [0.25, 0.3) is 0 Å². The van der Waals surface area contributed by atoms with Crippen molar-refractivity contribution in [1.82, 2.24) is 19.5 Å². The van der Waals surface area contributed by atoms with Crippen LogP contribution in [0.3, 0.4) is 0 Å². The van der Waals surface area contributed by atoms with E-state index in [2.05, 4.69) is 27.1 Å². The van der Waals surface area contributed by atoms with Crippen LogP contribution in [0.15, 0.2) is 67.3 Å². The summed E-state index contributed by atoms with van der Waals surface area (Å²) in [5.41, 5.74) is 11.1. The van der Waals surface area contributed by atoms with Gasteiger partial charge in [0.1, 0.15) is 17.5 Å². The predicted molar refractivity (Wildman–Crippen MR) is 90.7 cm³/mol. The smallest absolute Gasteiger partial charge is 0.164 e. The van der Waals surface area contributed by atoms with Crippen LogP contribution in [0.2, 0.25) is 0 Å². The third-order valence-corrected chi connectivity index (χ3v) is 3.76. The van der Waals surface area contributed by atoms with Crippen molar-refractivity contribution < 1.29 is 0 Å². The third kappa shape index (κ3) is 2.53. The molecule has 0 aliphatic rings. The highest BCUT2D eigenvalue weighted by Crippen LogP contribution is 2.25. The van der Waals surface area contributed by atoms with Crippen molar-refractivity contribution in [3.63, 3.8) is 0 Å². The molecule has 0 aliphatic carbocycles. The van der Waals surface area contributed by atoms with Gasteiger partial charge in [-0.3, -0.25) is 0 Å². The van der Waals surface area contributed by atoms with E-state index in [9.17, 15) is 0 Å². The Kier molecular flexibility index (Phi) is 3.24. The lowest BCUT2D eigenvalue weighted by Crippen LogP contribution is -1.99. The number of hydrogen-bond acceptors (Lipinski definition) is 4. The van der Waals surface area contributed by atoms with E-state index in [1.807, 2.05) is 53.4 Å². The van der Waals surface area contributed by atoms with Crippen LogP contribution in [-0.4, -0.2) is 19.5 Å². The quantitative estimate of drug-likeness (QED) is 0.590. The first-order valence-electron chi connectivity index (χ1n) is 7.37. The van der Waals surface area contributed by atoms with Gasteiger partial charge >= 0.3 is 0 Å². The zero-order valence-electron chi connectivity index (χ0n) is 12.4. The van der Waals surface area contributed by atoms with Gasteiger partial charge in [-0.25, -0.2) is 15.0 Å². The lowest BCUT2D eigenvalue weighted by Gasteiger charge is -2.05. The van der Waals surface area contributed by atoms with Crippen LogP contribution >= 0.6 is 0 Å². The Morgan fingerprint density at radius 2 is 1.78 bits per heavy atom. The third-order valence-electron chi connectivity index (χ3n) is 3.76. The summed E-state index contributed by atoms with van der Waals surface area (Å²) in [7, 11) is 0. The van der Waals surface area contributed by atoms with E-state index in [1.54, 1.807) is 6.33 Å². The van der Waals surface area contributed by atoms with Crippen LogP contribution in [0.5, 0.6) is 0 Å². The largest absolute Gasteiger partial charge is 0.399 e. The first kappa shape index (κ1) is 13.5. The molecule has 2 heterocycles. The number of benzene rings is 2. The lowest BCUT2D eigenvalue weighted by molar-refractivity contribution is 0.813. The van der Waals surface area contributed by atoms with Crippen molar-refractivity contribution in [2.24, 2.45) is 0 Å². The number of hydrogen-bond donors (Lipinski definition) is 1. The Morgan fingerprint density at radius 1 is 0.913 bits per heavy atom. The van der Waals surface area contributed by atoms with E-state index in [0.717, 1.165) is 29.0 Å². The molecule has 0 unspecified atom stereocenters. The summed E-state index contributed by atoms with van der Waals surface area (Å²) in [6.45, 7) is 0.727. The molecule has 2 aromatic heterocycles. The highest BCUT2D eigenvalue weighted by molar-refractivity contribution is 5.87. The molecular formula is C18H15N5. The van der Waals surface area contributed by atoms with Gasteiger partial charge in [0, 0.05) is 11.3 Å². The van der Waals surface area contributed by atoms with E-state index in [0.29, 0.717) is 5.69 Å². The zero-order valence-corrected chi connectivity index (χ0v) is 12.4. The maximum Gasteiger partial charge on any atom is 0.164 e. The van der Waals surface area contributed by atoms with Crippen LogP contribution in [0, 0.1) is 0 Å². The zero-order chi connectivity index (χ0) is 15.6. The standard InChI is InChI=1S/C18H15N5/c19-15-8-4-7-14(9-15)16-17-18(21-11-20-16)23(12-22-17)10-13-5-2-1-3-6-13/h1-9,11-12H,10,19H2. The van der Waals surface area contributed by atoms with E-state index in [4.69, 9.17) is 5.73 Å². The first-order valence-corrected chi connectivity index (χ1v) is 7.37. The topological polar surface area (TPSA) is 69.6 Å². The molecule has 2 aromatic carbocycles. The summed E-state index contributed by atoms with van der Waals surface area (Å²) in [5, 5.41) is 0. The summed E-state index contributed by atoms with van der Waals surface area (Å²) in [6.07, 6.45) is 3.38. The molecule has 23 heavy (non-hydrogen) atoms. The van der Waals surface area contributed by atoms with E-state index >= 15 is 0 Å². The Hall–Kier alpha value is -3.21. The summed E-state index contributed by atoms with van der Waals surface area (Å²) in [6, 6.07) is 17.9. The minimum absolute atomic E-state index is 0.706. The van der Waals surface area contributed by atoms with E-state index in [1.165, 1.54) is 5.56 Å². The van der Waals surface area contributed by atoms with Crippen LogP contribution in [0.25, 0.3) is 22.4 Å². The van der Waals surface area contributed by atoms with Gasteiger partial charge in [0.15, 0.2) is 5.65 Å². The van der Waals surface area contributed by atoms with Gasteiger partial charge in [-0.05, 0) is 17.7 Å². The average molecular weight is 301 g/mol. The summed E-state index contributed by atoms with van der Waals surface area (Å²) in [4.78, 5) is 13.3. The van der Waals surface area contributed by atoms with Gasteiger partial charge in [0.2, 0.25) is 0 Å². The highest BCUT2D eigenvalue weighted by atomic mass is 15.1. The van der Waals surface area contributed by atoms with Crippen molar-refractivity contribution in [3.8, 4) is 11.3 Å². The number of fused-ring (bicyclic) bond motifs is 1. The maximum absolute atomic E-state index is 5.88. The molecular weight excluding hydrogens is 286 g/mol. The Bertz CT molecular complexity index is 959. The number of nitrogen functional groups attached to an aromatic ring is 1. The lowest BCUT2D eigenvalue weighted by atomic mass is 10.1. The highest BCUT2D eigenvalue weighted by Gasteiger charge is 2.12. The van der Waals surface area contributed by atoms with Gasteiger partial charge in [0.05, 0.1) is 12.9 Å². The number of anilines is 1. The molecule has 5 heteroatoms.